The monoisotopic (exact) mass is 268 g/mol. The van der Waals surface area contributed by atoms with Gasteiger partial charge in [-0.3, -0.25) is 0 Å². The lowest BCUT2D eigenvalue weighted by molar-refractivity contribution is 0.603. The number of para-hydroxylation sites is 1. The van der Waals surface area contributed by atoms with Crippen molar-refractivity contribution in [2.75, 3.05) is 17.8 Å². The summed E-state index contributed by atoms with van der Waals surface area (Å²) in [6, 6.07) is 7.70. The smallest absolute Gasteiger partial charge is 0.148 e. The Bertz CT molecular complexity index is 621. The first-order chi connectivity index (χ1) is 8.06. The Labute approximate surface area is 104 Å². The fourth-order valence-corrected chi connectivity index (χ4v) is 3.57. The molecule has 90 valence electrons. The van der Waals surface area contributed by atoms with E-state index in [9.17, 15) is 8.42 Å². The summed E-state index contributed by atoms with van der Waals surface area (Å²) in [5, 5.41) is 1.80. The van der Waals surface area contributed by atoms with Gasteiger partial charge in [0.1, 0.15) is 21.2 Å². The SMILES string of the molecule is CS(=O)(=O)CCSc1ncnc2ccccc12. The lowest BCUT2D eigenvalue weighted by atomic mass is 10.2. The average Bonchev–Trinajstić information content (AvgIpc) is 2.28. The van der Waals surface area contributed by atoms with Crippen molar-refractivity contribution in [1.82, 2.24) is 9.97 Å². The number of hydrogen-bond donors (Lipinski definition) is 0. The van der Waals surface area contributed by atoms with Crippen LogP contribution in [0.15, 0.2) is 35.6 Å². The molecule has 0 radical (unpaired) electrons. The first-order valence-electron chi connectivity index (χ1n) is 5.06. The van der Waals surface area contributed by atoms with Crippen molar-refractivity contribution in [3.05, 3.63) is 30.6 Å². The Balaban J connectivity index is 2.19. The largest absolute Gasteiger partial charge is 0.236 e. The highest BCUT2D eigenvalue weighted by molar-refractivity contribution is 8.00. The van der Waals surface area contributed by atoms with Gasteiger partial charge in [0.25, 0.3) is 0 Å². The standard InChI is InChI=1S/C11H12N2O2S2/c1-17(14,15)7-6-16-11-9-4-2-3-5-10(9)12-8-13-11/h2-5,8H,6-7H2,1H3. The third kappa shape index (κ3) is 3.41. The maximum Gasteiger partial charge on any atom is 0.148 e. The third-order valence-corrected chi connectivity index (χ3v) is 4.41. The highest BCUT2D eigenvalue weighted by atomic mass is 32.2. The Morgan fingerprint density at radius 2 is 2.00 bits per heavy atom. The summed E-state index contributed by atoms with van der Waals surface area (Å²) < 4.78 is 22.1. The molecule has 2 aromatic rings. The fraction of sp³-hybridized carbons (Fsp3) is 0.273. The highest BCUT2D eigenvalue weighted by Gasteiger charge is 2.06. The molecule has 0 N–H and O–H groups in total. The minimum atomic E-state index is -2.91. The maximum absolute atomic E-state index is 11.0. The van der Waals surface area contributed by atoms with Crippen molar-refractivity contribution in [2.24, 2.45) is 0 Å². The van der Waals surface area contributed by atoms with Gasteiger partial charge in [0, 0.05) is 17.4 Å². The molecule has 0 amide bonds. The second-order valence-corrected chi connectivity index (χ2v) is 7.02. The van der Waals surface area contributed by atoms with Gasteiger partial charge in [-0.1, -0.05) is 18.2 Å². The van der Waals surface area contributed by atoms with E-state index in [1.807, 2.05) is 24.3 Å². The predicted octanol–water partition coefficient (Wildman–Crippen LogP) is 1.77. The van der Waals surface area contributed by atoms with E-state index in [2.05, 4.69) is 9.97 Å². The zero-order chi connectivity index (χ0) is 12.3. The molecule has 0 bridgehead atoms. The van der Waals surface area contributed by atoms with Gasteiger partial charge in [0.2, 0.25) is 0 Å². The minimum Gasteiger partial charge on any atom is -0.236 e. The number of rotatable bonds is 4. The van der Waals surface area contributed by atoms with Crippen LogP contribution in [0, 0.1) is 0 Å². The molecule has 0 saturated carbocycles. The zero-order valence-corrected chi connectivity index (χ0v) is 11.0. The van der Waals surface area contributed by atoms with Gasteiger partial charge in [0.05, 0.1) is 11.3 Å². The van der Waals surface area contributed by atoms with Crippen molar-refractivity contribution >= 4 is 32.5 Å². The van der Waals surface area contributed by atoms with Crippen LogP contribution in [0.3, 0.4) is 0 Å². The third-order valence-electron chi connectivity index (χ3n) is 2.20. The summed E-state index contributed by atoms with van der Waals surface area (Å²) in [4.78, 5) is 8.34. The first-order valence-corrected chi connectivity index (χ1v) is 8.11. The molecule has 0 fully saturated rings. The van der Waals surface area contributed by atoms with Crippen LogP contribution < -0.4 is 0 Å². The van der Waals surface area contributed by atoms with Crippen LogP contribution >= 0.6 is 11.8 Å². The topological polar surface area (TPSA) is 59.9 Å². The number of nitrogens with zero attached hydrogens (tertiary/aromatic N) is 2. The van der Waals surface area contributed by atoms with E-state index in [1.165, 1.54) is 24.3 Å². The van der Waals surface area contributed by atoms with E-state index in [1.54, 1.807) is 0 Å². The number of benzene rings is 1. The molecule has 0 aliphatic carbocycles. The predicted molar refractivity (Wildman–Crippen MR) is 70.0 cm³/mol. The number of thioether (sulfide) groups is 1. The van der Waals surface area contributed by atoms with Gasteiger partial charge >= 0.3 is 0 Å². The average molecular weight is 268 g/mol. The summed E-state index contributed by atoms with van der Waals surface area (Å²) in [7, 11) is -2.91. The van der Waals surface area contributed by atoms with E-state index in [4.69, 9.17) is 0 Å². The van der Waals surface area contributed by atoms with Crippen molar-refractivity contribution in [2.45, 2.75) is 5.03 Å². The molecule has 6 heteroatoms. The van der Waals surface area contributed by atoms with Crippen molar-refractivity contribution in [1.29, 1.82) is 0 Å². The van der Waals surface area contributed by atoms with Crippen LogP contribution in [-0.2, 0) is 9.84 Å². The number of aromatic nitrogens is 2. The molecule has 0 aliphatic heterocycles. The van der Waals surface area contributed by atoms with Crippen LogP contribution in [0.1, 0.15) is 0 Å². The minimum absolute atomic E-state index is 0.163. The van der Waals surface area contributed by atoms with Crippen LogP contribution in [0.25, 0.3) is 10.9 Å². The molecule has 0 unspecified atom stereocenters. The quantitative estimate of drug-likeness (QED) is 0.624. The summed E-state index contributed by atoms with van der Waals surface area (Å²) in [6.45, 7) is 0. The Kier molecular flexibility index (Phi) is 3.63. The van der Waals surface area contributed by atoms with Gasteiger partial charge in [-0.2, -0.15) is 0 Å². The highest BCUT2D eigenvalue weighted by Crippen LogP contribution is 2.23. The molecule has 1 aromatic heterocycles. The molecule has 0 aliphatic rings. The maximum atomic E-state index is 11.0. The molecular formula is C11H12N2O2S2. The second-order valence-electron chi connectivity index (χ2n) is 3.67. The van der Waals surface area contributed by atoms with Gasteiger partial charge in [-0.25, -0.2) is 18.4 Å². The Morgan fingerprint density at radius 3 is 2.76 bits per heavy atom. The molecule has 4 nitrogen and oxygen atoms in total. The van der Waals surface area contributed by atoms with E-state index >= 15 is 0 Å². The number of hydrogen-bond acceptors (Lipinski definition) is 5. The molecule has 0 spiro atoms. The van der Waals surface area contributed by atoms with E-state index in [0.29, 0.717) is 5.75 Å². The van der Waals surface area contributed by atoms with E-state index < -0.39 is 9.84 Å². The van der Waals surface area contributed by atoms with Crippen LogP contribution in [0.4, 0.5) is 0 Å². The molecular weight excluding hydrogens is 256 g/mol. The Hall–Kier alpha value is -1.14. The van der Waals surface area contributed by atoms with Gasteiger partial charge in [0.15, 0.2) is 0 Å². The van der Waals surface area contributed by atoms with Crippen LogP contribution in [-0.4, -0.2) is 36.1 Å². The fourth-order valence-electron chi connectivity index (χ4n) is 1.38. The van der Waals surface area contributed by atoms with Gasteiger partial charge in [-0.05, 0) is 6.07 Å². The lowest BCUT2D eigenvalue weighted by Gasteiger charge is -2.03. The van der Waals surface area contributed by atoms with Crippen molar-refractivity contribution in [3.63, 3.8) is 0 Å². The van der Waals surface area contributed by atoms with Crippen LogP contribution in [0.2, 0.25) is 0 Å². The van der Waals surface area contributed by atoms with Crippen LogP contribution in [0.5, 0.6) is 0 Å². The lowest BCUT2D eigenvalue weighted by Crippen LogP contribution is -2.05. The van der Waals surface area contributed by atoms with E-state index in [-0.39, 0.29) is 5.75 Å². The molecule has 0 saturated heterocycles. The van der Waals surface area contributed by atoms with Gasteiger partial charge < -0.3 is 0 Å². The summed E-state index contributed by atoms with van der Waals surface area (Å²) in [5.74, 6) is 0.676. The number of sulfone groups is 1. The van der Waals surface area contributed by atoms with Crippen molar-refractivity contribution < 1.29 is 8.42 Å². The molecule has 1 heterocycles. The molecule has 17 heavy (non-hydrogen) atoms. The van der Waals surface area contributed by atoms with Gasteiger partial charge in [-0.15, -0.1) is 11.8 Å². The molecule has 1 aromatic carbocycles. The van der Waals surface area contributed by atoms with Crippen molar-refractivity contribution in [3.8, 4) is 0 Å². The summed E-state index contributed by atoms with van der Waals surface area (Å²) >= 11 is 1.45. The second kappa shape index (κ2) is 5.01. The normalized spacial score (nSPS) is 11.8. The zero-order valence-electron chi connectivity index (χ0n) is 9.33. The number of fused-ring (bicyclic) bond motifs is 1. The summed E-state index contributed by atoms with van der Waals surface area (Å²) in [6.07, 6.45) is 2.75. The molecule has 2 rings (SSSR count). The first kappa shape index (κ1) is 12.3. The Morgan fingerprint density at radius 1 is 1.24 bits per heavy atom. The molecule has 0 atom stereocenters. The van der Waals surface area contributed by atoms with E-state index in [0.717, 1.165) is 15.9 Å². The summed E-state index contributed by atoms with van der Waals surface area (Å²) in [5.41, 5.74) is 0.879.